The van der Waals surface area contributed by atoms with Crippen LogP contribution in [0.3, 0.4) is 0 Å². The summed E-state index contributed by atoms with van der Waals surface area (Å²) in [6, 6.07) is 11.5. The number of rotatable bonds is 7. The van der Waals surface area contributed by atoms with Gasteiger partial charge in [-0.2, -0.15) is 8.78 Å². The lowest BCUT2D eigenvalue weighted by Crippen LogP contribution is -2.25. The van der Waals surface area contributed by atoms with Crippen molar-refractivity contribution >= 4 is 17.4 Å². The molecular weight excluding hydrogens is 408 g/mol. The molecule has 0 spiro atoms. The average molecular weight is 431 g/mol. The number of hydrogen-bond acceptors (Lipinski definition) is 6. The Bertz CT molecular complexity index is 1030. The summed E-state index contributed by atoms with van der Waals surface area (Å²) < 4.78 is 39.2. The maximum atomic E-state index is 12.5. The summed E-state index contributed by atoms with van der Waals surface area (Å²) >= 11 is 0. The number of nitrogens with zero attached hydrogens (tertiary/aromatic N) is 1. The van der Waals surface area contributed by atoms with Crippen molar-refractivity contribution < 1.29 is 32.6 Å². The largest absolute Gasteiger partial charge is 0.493 e. The number of benzene rings is 2. The molecule has 2 aromatic rings. The Kier molecular flexibility index (Phi) is 6.29. The molecule has 1 heterocycles. The van der Waals surface area contributed by atoms with E-state index in [0.717, 1.165) is 16.9 Å². The molecule has 6 nitrogen and oxygen atoms in total. The Morgan fingerprint density at radius 3 is 2.48 bits per heavy atom. The molecule has 0 amide bonds. The first-order chi connectivity index (χ1) is 14.6. The van der Waals surface area contributed by atoms with Crippen LogP contribution in [0.5, 0.6) is 11.5 Å². The van der Waals surface area contributed by atoms with E-state index in [-0.39, 0.29) is 28.3 Å². The van der Waals surface area contributed by atoms with Crippen LogP contribution in [-0.4, -0.2) is 39.1 Å². The number of ether oxygens (including phenoxy) is 3. The van der Waals surface area contributed by atoms with Gasteiger partial charge in [0.05, 0.1) is 12.7 Å². The first-order valence-electron chi connectivity index (χ1n) is 9.53. The van der Waals surface area contributed by atoms with Crippen molar-refractivity contribution in [1.29, 1.82) is 0 Å². The number of carbonyl (C=O) groups is 2. The molecule has 0 radical (unpaired) electrons. The Morgan fingerprint density at radius 2 is 1.84 bits per heavy atom. The number of alkyl halides is 2. The normalized spacial score (nSPS) is 15.7. The predicted molar refractivity (Wildman–Crippen MR) is 111 cm³/mol. The van der Waals surface area contributed by atoms with E-state index in [4.69, 9.17) is 9.47 Å². The number of hydrogen-bond donors (Lipinski definition) is 0. The van der Waals surface area contributed by atoms with Gasteiger partial charge in [0.25, 0.3) is 0 Å². The third-order valence-electron chi connectivity index (χ3n) is 5.20. The average Bonchev–Trinajstić information content (AvgIpc) is 2.93. The van der Waals surface area contributed by atoms with E-state index in [2.05, 4.69) is 4.74 Å². The van der Waals surface area contributed by atoms with Crippen LogP contribution >= 0.6 is 0 Å². The van der Waals surface area contributed by atoms with Crippen LogP contribution < -0.4 is 14.4 Å². The second-order valence-electron chi connectivity index (χ2n) is 7.52. The van der Waals surface area contributed by atoms with Crippen LogP contribution in [0.25, 0.3) is 0 Å². The molecule has 0 saturated heterocycles. The maximum Gasteiger partial charge on any atom is 0.387 e. The molecule has 164 valence electrons. The van der Waals surface area contributed by atoms with E-state index in [9.17, 15) is 18.4 Å². The number of para-hydroxylation sites is 1. The second-order valence-corrected chi connectivity index (χ2v) is 7.52. The zero-order valence-corrected chi connectivity index (χ0v) is 17.6. The Balaban J connectivity index is 1.69. The smallest absolute Gasteiger partial charge is 0.387 e. The standard InChI is InChI=1S/C23H23F2NO5/c1-23(2)16-7-5-6-8-17(16)26(3)20(23)12-15(27)13-30-21(28)14-9-10-18(31-22(24)25)19(11-14)29-4/h5-12,22H,13H2,1-4H3. The number of anilines is 1. The zero-order chi connectivity index (χ0) is 22.8. The predicted octanol–water partition coefficient (Wildman–Crippen LogP) is 4.33. The summed E-state index contributed by atoms with van der Waals surface area (Å²) in [7, 11) is 3.14. The van der Waals surface area contributed by atoms with Crippen molar-refractivity contribution in [3.8, 4) is 11.5 Å². The quantitative estimate of drug-likeness (QED) is 0.480. The molecule has 0 atom stereocenters. The highest BCUT2D eigenvalue weighted by Crippen LogP contribution is 2.46. The summed E-state index contributed by atoms with van der Waals surface area (Å²) in [6.45, 7) is 0.563. The maximum absolute atomic E-state index is 12.5. The number of allylic oxidation sites excluding steroid dienone is 1. The van der Waals surface area contributed by atoms with E-state index in [1.807, 2.05) is 50.1 Å². The molecule has 0 fully saturated rings. The van der Waals surface area contributed by atoms with Crippen LogP contribution in [0, 0.1) is 0 Å². The summed E-state index contributed by atoms with van der Waals surface area (Å²) in [5, 5.41) is 0. The lowest BCUT2D eigenvalue weighted by Gasteiger charge is -2.23. The Morgan fingerprint density at radius 1 is 1.13 bits per heavy atom. The van der Waals surface area contributed by atoms with E-state index in [1.54, 1.807) is 0 Å². The molecule has 0 N–H and O–H groups in total. The van der Waals surface area contributed by atoms with Crippen molar-refractivity contribution in [2.45, 2.75) is 25.9 Å². The van der Waals surface area contributed by atoms with Gasteiger partial charge in [0.15, 0.2) is 23.9 Å². The highest BCUT2D eigenvalue weighted by Gasteiger charge is 2.38. The fourth-order valence-electron chi connectivity index (χ4n) is 3.66. The van der Waals surface area contributed by atoms with Crippen LogP contribution in [0.15, 0.2) is 54.2 Å². The minimum Gasteiger partial charge on any atom is -0.493 e. The fraction of sp³-hybridized carbons (Fsp3) is 0.304. The van der Waals surface area contributed by atoms with Gasteiger partial charge in [-0.3, -0.25) is 4.79 Å². The molecule has 3 rings (SSSR count). The van der Waals surface area contributed by atoms with Gasteiger partial charge in [-0.15, -0.1) is 0 Å². The summed E-state index contributed by atoms with van der Waals surface area (Å²) in [6.07, 6.45) is 1.48. The molecular formula is C23H23F2NO5. The van der Waals surface area contributed by atoms with Crippen molar-refractivity contribution in [1.82, 2.24) is 0 Å². The number of halogens is 2. The first-order valence-corrected chi connectivity index (χ1v) is 9.53. The number of carbonyl (C=O) groups excluding carboxylic acids is 2. The van der Waals surface area contributed by atoms with Crippen molar-refractivity contribution in [2.24, 2.45) is 0 Å². The molecule has 1 aliphatic rings. The lowest BCUT2D eigenvalue weighted by molar-refractivity contribution is -0.117. The third kappa shape index (κ3) is 4.52. The number of fused-ring (bicyclic) bond motifs is 1. The van der Waals surface area contributed by atoms with Crippen LogP contribution in [0.2, 0.25) is 0 Å². The van der Waals surface area contributed by atoms with Crippen molar-refractivity contribution in [2.75, 3.05) is 25.7 Å². The number of likely N-dealkylation sites (N-methyl/N-ethyl adjacent to an activating group) is 1. The Labute approximate surface area is 179 Å². The molecule has 0 bridgehead atoms. The van der Waals surface area contributed by atoms with E-state index >= 15 is 0 Å². The van der Waals surface area contributed by atoms with Gasteiger partial charge >= 0.3 is 12.6 Å². The van der Waals surface area contributed by atoms with Crippen LogP contribution in [-0.2, 0) is 14.9 Å². The van der Waals surface area contributed by atoms with Gasteiger partial charge in [-0.05, 0) is 29.8 Å². The highest BCUT2D eigenvalue weighted by atomic mass is 19.3. The Hall–Kier alpha value is -3.42. The molecule has 0 aliphatic carbocycles. The van der Waals surface area contributed by atoms with Crippen LogP contribution in [0.1, 0.15) is 29.8 Å². The van der Waals surface area contributed by atoms with Gasteiger partial charge in [0.2, 0.25) is 0 Å². The van der Waals surface area contributed by atoms with Gasteiger partial charge in [0, 0.05) is 29.9 Å². The fourth-order valence-corrected chi connectivity index (χ4v) is 3.66. The lowest BCUT2D eigenvalue weighted by atomic mass is 9.83. The van der Waals surface area contributed by atoms with Gasteiger partial charge in [0.1, 0.15) is 0 Å². The van der Waals surface area contributed by atoms with Crippen molar-refractivity contribution in [3.05, 3.63) is 65.4 Å². The summed E-state index contributed by atoms with van der Waals surface area (Å²) in [4.78, 5) is 26.8. The van der Waals surface area contributed by atoms with Gasteiger partial charge in [-0.1, -0.05) is 32.0 Å². The van der Waals surface area contributed by atoms with E-state index in [0.29, 0.717) is 0 Å². The van der Waals surface area contributed by atoms with Crippen molar-refractivity contribution in [3.63, 3.8) is 0 Å². The van der Waals surface area contributed by atoms with E-state index in [1.165, 1.54) is 31.4 Å². The first kappa shape index (κ1) is 22.3. The van der Waals surface area contributed by atoms with E-state index < -0.39 is 19.2 Å². The third-order valence-corrected chi connectivity index (χ3v) is 5.20. The zero-order valence-electron chi connectivity index (χ0n) is 17.6. The SMILES string of the molecule is COc1cc(C(=O)OCC(=O)C=C2N(C)c3ccccc3C2(C)C)ccc1OC(F)F. The van der Waals surface area contributed by atoms with Gasteiger partial charge < -0.3 is 19.1 Å². The molecule has 2 aromatic carbocycles. The second kappa shape index (κ2) is 8.75. The summed E-state index contributed by atoms with van der Waals surface area (Å²) in [5.41, 5.74) is 2.59. The number of ketones is 1. The molecule has 0 unspecified atom stereocenters. The van der Waals surface area contributed by atoms with Gasteiger partial charge in [-0.25, -0.2) is 4.79 Å². The highest BCUT2D eigenvalue weighted by molar-refractivity contribution is 5.96. The molecule has 8 heteroatoms. The number of methoxy groups -OCH3 is 1. The number of esters is 1. The molecule has 31 heavy (non-hydrogen) atoms. The summed E-state index contributed by atoms with van der Waals surface area (Å²) in [5.74, 6) is -1.41. The molecule has 0 saturated carbocycles. The monoisotopic (exact) mass is 431 g/mol. The molecule has 0 aromatic heterocycles. The molecule has 1 aliphatic heterocycles. The minimum absolute atomic E-state index is 0.0460. The topological polar surface area (TPSA) is 65.1 Å². The van der Waals surface area contributed by atoms with Crippen LogP contribution in [0.4, 0.5) is 14.5 Å². The minimum atomic E-state index is -3.03.